The summed E-state index contributed by atoms with van der Waals surface area (Å²) in [5.74, 6) is 1.40. The van der Waals surface area contributed by atoms with Gasteiger partial charge in [0.25, 0.3) is 0 Å². The predicted molar refractivity (Wildman–Crippen MR) is 192 cm³/mol. The third-order valence-electron chi connectivity index (χ3n) is 15.9. The second kappa shape index (κ2) is 11.5. The van der Waals surface area contributed by atoms with Gasteiger partial charge in [-0.2, -0.15) is 0 Å². The number of benzene rings is 2. The van der Waals surface area contributed by atoms with Gasteiger partial charge in [0.2, 0.25) is 0 Å². The van der Waals surface area contributed by atoms with Gasteiger partial charge in [-0.3, -0.25) is 10.1 Å². The Morgan fingerprint density at radius 3 is 2.12 bits per heavy atom. The third kappa shape index (κ3) is 4.76. The lowest BCUT2D eigenvalue weighted by atomic mass is 9.32. The van der Waals surface area contributed by atoms with Crippen molar-refractivity contribution in [2.75, 3.05) is 5.32 Å². The number of anilines is 1. The van der Waals surface area contributed by atoms with E-state index in [1.54, 1.807) is 0 Å². The Kier molecular flexibility index (Phi) is 8.00. The number of carboxylic acid groups (broad SMARTS) is 1. The van der Waals surface area contributed by atoms with E-state index in [1.165, 1.54) is 12.0 Å². The molecule has 2 aromatic carbocycles. The van der Waals surface area contributed by atoms with Crippen molar-refractivity contribution in [1.29, 1.82) is 0 Å². The zero-order valence-corrected chi connectivity index (χ0v) is 30.1. The number of hydrogen-bond acceptors (Lipinski definition) is 3. The molecule has 1 amide bonds. The van der Waals surface area contributed by atoms with Crippen molar-refractivity contribution in [1.82, 2.24) is 0 Å². The molecule has 5 aliphatic carbocycles. The number of hydrogen-bond donors (Lipinski definition) is 2. The SMILES string of the molecule is C=C(C)[C@@H]1CC[C@]2(C(=O)O)CC[C@]3(C)[C@H](CC[C@@H]4[C@@]5(C)CC[C@H](OC(=O)Nc6ccc(-c7ccccc7)cc6)C(C)(C)[C@@H]5CC[C@]43C)[C@@H]12. The number of fused-ring (bicyclic) bond motifs is 7. The molecule has 0 aromatic heterocycles. The highest BCUT2D eigenvalue weighted by Crippen LogP contribution is 2.77. The highest BCUT2D eigenvalue weighted by molar-refractivity contribution is 5.85. The summed E-state index contributed by atoms with van der Waals surface area (Å²) >= 11 is 0. The largest absolute Gasteiger partial charge is 0.481 e. The molecular formula is C43H57NO4. The molecule has 10 atom stereocenters. The average Bonchev–Trinajstić information content (AvgIpc) is 3.45. The van der Waals surface area contributed by atoms with Crippen molar-refractivity contribution in [3.8, 4) is 11.1 Å². The maximum atomic E-state index is 13.3. The van der Waals surface area contributed by atoms with Gasteiger partial charge in [-0.1, -0.05) is 89.2 Å². The molecule has 0 unspecified atom stereocenters. The molecule has 5 heteroatoms. The first-order valence-corrected chi connectivity index (χ1v) is 18.7. The first-order chi connectivity index (χ1) is 22.7. The smallest absolute Gasteiger partial charge is 0.411 e. The highest BCUT2D eigenvalue weighted by Gasteiger charge is 2.72. The molecule has 0 bridgehead atoms. The maximum absolute atomic E-state index is 13.3. The minimum absolute atomic E-state index is 0.110. The molecule has 258 valence electrons. The molecule has 0 aliphatic heterocycles. The molecular weight excluding hydrogens is 594 g/mol. The molecule has 48 heavy (non-hydrogen) atoms. The number of ether oxygens (including phenoxy) is 1. The molecule has 5 fully saturated rings. The van der Waals surface area contributed by atoms with E-state index < -0.39 is 11.4 Å². The molecule has 0 radical (unpaired) electrons. The number of carbonyl (C=O) groups is 2. The topological polar surface area (TPSA) is 75.6 Å². The summed E-state index contributed by atoms with van der Waals surface area (Å²) in [6.07, 6.45) is 9.58. The summed E-state index contributed by atoms with van der Waals surface area (Å²) in [6, 6.07) is 18.2. The predicted octanol–water partition coefficient (Wildman–Crippen LogP) is 11.0. The van der Waals surface area contributed by atoms with E-state index in [-0.39, 0.29) is 39.8 Å². The van der Waals surface area contributed by atoms with E-state index in [2.05, 4.69) is 65.6 Å². The third-order valence-corrected chi connectivity index (χ3v) is 15.9. The summed E-state index contributed by atoms with van der Waals surface area (Å²) < 4.78 is 6.29. The minimum Gasteiger partial charge on any atom is -0.481 e. The molecule has 7 rings (SSSR count). The molecule has 2 aromatic rings. The van der Waals surface area contributed by atoms with E-state index in [1.807, 2.05) is 42.5 Å². The van der Waals surface area contributed by atoms with Crippen molar-refractivity contribution in [2.45, 2.75) is 112 Å². The molecule has 0 heterocycles. The van der Waals surface area contributed by atoms with Crippen LogP contribution in [-0.4, -0.2) is 23.3 Å². The van der Waals surface area contributed by atoms with Gasteiger partial charge < -0.3 is 9.84 Å². The van der Waals surface area contributed by atoms with Crippen LogP contribution < -0.4 is 5.32 Å². The standard InChI is InChI=1S/C43H57NO4/c1-27(2)31-19-24-43(37(45)46)26-25-41(6)32(36(31)43)17-18-34-40(5)22-21-35(39(3,4)33(40)20-23-42(34,41)7)48-38(47)44-30-15-13-29(14-16-30)28-11-9-8-10-12-28/h8-16,31-36H,1,17-26H2,2-7H3,(H,44,47)(H,45,46)/t31-,32+,33-,34+,35-,36+,40-,41+,42+,43-/m0/s1. The van der Waals surface area contributed by atoms with E-state index in [9.17, 15) is 14.7 Å². The number of aliphatic carboxylic acids is 1. The van der Waals surface area contributed by atoms with Gasteiger partial charge >= 0.3 is 12.1 Å². The monoisotopic (exact) mass is 651 g/mol. The summed E-state index contributed by atoms with van der Waals surface area (Å²) in [6.45, 7) is 18.9. The van der Waals surface area contributed by atoms with Crippen LogP contribution in [0.2, 0.25) is 0 Å². The van der Waals surface area contributed by atoms with Crippen LogP contribution in [0.5, 0.6) is 0 Å². The van der Waals surface area contributed by atoms with Crippen molar-refractivity contribution in [3.63, 3.8) is 0 Å². The fraction of sp³-hybridized carbons (Fsp3) is 0.628. The highest BCUT2D eigenvalue weighted by atomic mass is 16.6. The van der Waals surface area contributed by atoms with E-state index >= 15 is 0 Å². The Hall–Kier alpha value is -3.08. The molecule has 2 N–H and O–H groups in total. The number of amides is 1. The van der Waals surface area contributed by atoms with Crippen LogP contribution >= 0.6 is 0 Å². The van der Waals surface area contributed by atoms with Gasteiger partial charge in [0, 0.05) is 11.1 Å². The Morgan fingerprint density at radius 1 is 0.771 bits per heavy atom. The molecule has 5 nitrogen and oxygen atoms in total. The first kappa shape index (κ1) is 33.4. The lowest BCUT2D eigenvalue weighted by Gasteiger charge is -2.72. The van der Waals surface area contributed by atoms with Crippen LogP contribution in [0.15, 0.2) is 66.7 Å². The van der Waals surface area contributed by atoms with Crippen LogP contribution in [0.3, 0.4) is 0 Å². The molecule has 5 saturated carbocycles. The van der Waals surface area contributed by atoms with Gasteiger partial charge in [-0.15, -0.1) is 0 Å². The van der Waals surface area contributed by atoms with Crippen molar-refractivity contribution in [2.24, 2.45) is 56.7 Å². The van der Waals surface area contributed by atoms with Crippen LogP contribution in [0.1, 0.15) is 106 Å². The lowest BCUT2D eigenvalue weighted by molar-refractivity contribution is -0.247. The Labute approximate surface area is 288 Å². The first-order valence-electron chi connectivity index (χ1n) is 18.7. The van der Waals surface area contributed by atoms with Crippen molar-refractivity contribution >= 4 is 17.7 Å². The quantitative estimate of drug-likeness (QED) is 0.316. The fourth-order valence-corrected chi connectivity index (χ4v) is 13.4. The Bertz CT molecular complexity index is 1580. The maximum Gasteiger partial charge on any atom is 0.411 e. The van der Waals surface area contributed by atoms with E-state index in [0.717, 1.165) is 74.6 Å². The van der Waals surface area contributed by atoms with E-state index in [0.29, 0.717) is 23.7 Å². The number of rotatable bonds is 5. The van der Waals surface area contributed by atoms with Gasteiger partial charge in [0.05, 0.1) is 5.41 Å². The summed E-state index contributed by atoms with van der Waals surface area (Å²) in [7, 11) is 0. The average molecular weight is 652 g/mol. The van der Waals surface area contributed by atoms with Crippen molar-refractivity contribution in [3.05, 3.63) is 66.7 Å². The number of carboxylic acids is 1. The van der Waals surface area contributed by atoms with Crippen LogP contribution in [0.4, 0.5) is 10.5 Å². The second-order valence-electron chi connectivity index (χ2n) is 18.0. The van der Waals surface area contributed by atoms with E-state index in [4.69, 9.17) is 4.74 Å². The van der Waals surface area contributed by atoms with Gasteiger partial charge in [-0.25, -0.2) is 4.79 Å². The van der Waals surface area contributed by atoms with Gasteiger partial charge in [0.1, 0.15) is 6.10 Å². The van der Waals surface area contributed by atoms with Crippen LogP contribution in [-0.2, 0) is 9.53 Å². The summed E-state index contributed by atoms with van der Waals surface area (Å²) in [5, 5.41) is 13.7. The minimum atomic E-state index is -0.583. The van der Waals surface area contributed by atoms with Crippen molar-refractivity contribution < 1.29 is 19.4 Å². The number of allylic oxidation sites excluding steroid dienone is 1. The Morgan fingerprint density at radius 2 is 1.46 bits per heavy atom. The Balaban J connectivity index is 1.08. The lowest BCUT2D eigenvalue weighted by Crippen LogP contribution is -2.67. The van der Waals surface area contributed by atoms with Crippen LogP contribution in [0.25, 0.3) is 11.1 Å². The summed E-state index contributed by atoms with van der Waals surface area (Å²) in [4.78, 5) is 26.3. The normalized spacial score (nSPS) is 41.1. The zero-order chi connectivity index (χ0) is 34.3. The zero-order valence-electron chi connectivity index (χ0n) is 30.1. The number of nitrogens with one attached hydrogen (secondary N) is 1. The molecule has 0 spiro atoms. The fourth-order valence-electron chi connectivity index (χ4n) is 13.4. The van der Waals surface area contributed by atoms with Crippen LogP contribution in [0, 0.1) is 56.7 Å². The van der Waals surface area contributed by atoms with Gasteiger partial charge in [-0.05, 0) is 140 Å². The van der Waals surface area contributed by atoms with Gasteiger partial charge in [0.15, 0.2) is 0 Å². The molecule has 0 saturated heterocycles. The molecule has 5 aliphatic rings. The summed E-state index contributed by atoms with van der Waals surface area (Å²) in [5.41, 5.74) is 3.87. The number of carbonyl (C=O) groups excluding carboxylic acids is 1. The second-order valence-corrected chi connectivity index (χ2v) is 18.0.